The van der Waals surface area contributed by atoms with Crippen molar-refractivity contribution >= 4 is 41.6 Å². The molecule has 2 aliphatic heterocycles. The smallest absolute Gasteiger partial charge is 0.423 e. The molecule has 8 nitrogen and oxygen atoms in total. The van der Waals surface area contributed by atoms with Crippen molar-refractivity contribution in [3.63, 3.8) is 0 Å². The van der Waals surface area contributed by atoms with Crippen molar-refractivity contribution < 1.29 is 18.8 Å². The molecule has 3 N–H and O–H groups in total. The lowest BCUT2D eigenvalue weighted by atomic mass is 9.79. The van der Waals surface area contributed by atoms with E-state index in [1.807, 2.05) is 0 Å². The van der Waals surface area contributed by atoms with Crippen LogP contribution >= 0.6 is 11.6 Å². The number of nitrogens with one attached hydrogen (secondary N) is 2. The Kier molecular flexibility index (Phi) is 5.32. The molecule has 1 fully saturated rings. The normalized spacial score (nSPS) is 21.1. The zero-order chi connectivity index (χ0) is 19.7. The van der Waals surface area contributed by atoms with Gasteiger partial charge in [-0.05, 0) is 24.1 Å². The highest BCUT2D eigenvalue weighted by atomic mass is 35.5. The van der Waals surface area contributed by atoms with E-state index in [0.29, 0.717) is 41.7 Å². The molecule has 3 heterocycles. The molecule has 0 bridgehead atoms. The minimum atomic E-state index is -1.25. The van der Waals surface area contributed by atoms with E-state index in [9.17, 15) is 14.7 Å². The summed E-state index contributed by atoms with van der Waals surface area (Å²) < 4.78 is 24.7. The topological polar surface area (TPSA) is 112 Å². The average Bonchev–Trinajstić information content (AvgIpc) is 3.06. The number of nitriles is 1. The van der Waals surface area contributed by atoms with Gasteiger partial charge in [-0.1, -0.05) is 11.6 Å². The molecule has 0 amide bonds. The van der Waals surface area contributed by atoms with Crippen molar-refractivity contribution in [2.24, 2.45) is 5.92 Å². The highest BCUT2D eigenvalue weighted by Crippen LogP contribution is 2.26. The molecule has 2 aliphatic rings. The van der Waals surface area contributed by atoms with Crippen LogP contribution in [0.1, 0.15) is 12.0 Å². The van der Waals surface area contributed by atoms with Crippen molar-refractivity contribution in [2.75, 3.05) is 23.8 Å². The standard InChI is InChI=1S/C17H16BClFN5O3/c19-12-6-22-17(25-16(12)24-14-8-27-2-1-9(14)5-21)23-11-3-10-7-28-18(26)15(10)13(20)4-11/h3-4,6,9,14,26H,1-2,7-8H2,(H2,22,23,24,25)/t9?,14-/m0/s1. The maximum absolute atomic E-state index is 14.2. The van der Waals surface area contributed by atoms with E-state index in [1.165, 1.54) is 12.3 Å². The van der Waals surface area contributed by atoms with Gasteiger partial charge >= 0.3 is 7.12 Å². The summed E-state index contributed by atoms with van der Waals surface area (Å²) in [6.45, 7) is 1.04. The Morgan fingerprint density at radius 3 is 3.11 bits per heavy atom. The van der Waals surface area contributed by atoms with Gasteiger partial charge in [0.05, 0.1) is 37.4 Å². The summed E-state index contributed by atoms with van der Waals surface area (Å²) in [5.74, 6) is -0.229. The number of ether oxygens (including phenoxy) is 1. The van der Waals surface area contributed by atoms with Gasteiger partial charge in [-0.15, -0.1) is 0 Å². The maximum Gasteiger partial charge on any atom is 0.494 e. The number of hydrogen-bond donors (Lipinski definition) is 3. The van der Waals surface area contributed by atoms with Crippen LogP contribution in [0.5, 0.6) is 0 Å². The number of fused-ring (bicyclic) bond motifs is 1. The molecule has 0 spiro atoms. The van der Waals surface area contributed by atoms with Crippen molar-refractivity contribution in [3.8, 4) is 6.07 Å². The van der Waals surface area contributed by atoms with Gasteiger partial charge in [0.2, 0.25) is 5.95 Å². The number of halogens is 2. The van der Waals surface area contributed by atoms with E-state index >= 15 is 0 Å². The van der Waals surface area contributed by atoms with Crippen LogP contribution < -0.4 is 16.1 Å². The second-order valence-electron chi connectivity index (χ2n) is 6.56. The molecule has 0 radical (unpaired) electrons. The summed E-state index contributed by atoms with van der Waals surface area (Å²) in [6.07, 6.45) is 2.05. The van der Waals surface area contributed by atoms with E-state index in [0.717, 1.165) is 0 Å². The van der Waals surface area contributed by atoms with Crippen LogP contribution in [0.3, 0.4) is 0 Å². The first-order chi connectivity index (χ1) is 13.5. The molecule has 1 aromatic carbocycles. The van der Waals surface area contributed by atoms with Gasteiger partial charge in [0, 0.05) is 17.8 Å². The molecule has 2 atom stereocenters. The van der Waals surface area contributed by atoms with Gasteiger partial charge in [0.15, 0.2) is 5.82 Å². The van der Waals surface area contributed by atoms with Crippen LogP contribution in [0.2, 0.25) is 5.02 Å². The zero-order valence-corrected chi connectivity index (χ0v) is 15.4. The first-order valence-electron chi connectivity index (χ1n) is 8.70. The Balaban J connectivity index is 1.55. The zero-order valence-electron chi connectivity index (χ0n) is 14.7. The van der Waals surface area contributed by atoms with Crippen LogP contribution in [-0.4, -0.2) is 41.4 Å². The van der Waals surface area contributed by atoms with E-state index in [2.05, 4.69) is 26.7 Å². The number of anilines is 3. The predicted molar refractivity (Wildman–Crippen MR) is 101 cm³/mol. The molecular weight excluding hydrogens is 387 g/mol. The lowest BCUT2D eigenvalue weighted by Crippen LogP contribution is -2.38. The molecule has 0 saturated carbocycles. The van der Waals surface area contributed by atoms with Gasteiger partial charge in [0.25, 0.3) is 0 Å². The minimum absolute atomic E-state index is 0.119. The lowest BCUT2D eigenvalue weighted by Gasteiger charge is -2.28. The van der Waals surface area contributed by atoms with Crippen LogP contribution in [0.15, 0.2) is 18.3 Å². The average molecular weight is 404 g/mol. The van der Waals surface area contributed by atoms with Gasteiger partial charge in [-0.25, -0.2) is 9.37 Å². The molecular formula is C17H16BClFN5O3. The summed E-state index contributed by atoms with van der Waals surface area (Å²) in [5.41, 5.74) is 1.11. The van der Waals surface area contributed by atoms with Crippen LogP contribution in [-0.2, 0) is 16.0 Å². The second kappa shape index (κ2) is 7.89. The molecule has 1 unspecified atom stereocenters. The maximum atomic E-state index is 14.2. The lowest BCUT2D eigenvalue weighted by molar-refractivity contribution is 0.0698. The molecule has 1 saturated heterocycles. The Morgan fingerprint density at radius 2 is 2.29 bits per heavy atom. The van der Waals surface area contributed by atoms with Crippen molar-refractivity contribution in [2.45, 2.75) is 19.1 Å². The monoisotopic (exact) mass is 403 g/mol. The number of rotatable bonds is 4. The Hall–Kier alpha value is -2.45. The molecule has 1 aromatic heterocycles. The van der Waals surface area contributed by atoms with Crippen molar-refractivity contribution in [1.29, 1.82) is 5.26 Å². The van der Waals surface area contributed by atoms with E-state index in [1.54, 1.807) is 6.07 Å². The summed E-state index contributed by atoms with van der Waals surface area (Å²) >= 11 is 6.18. The molecule has 11 heteroatoms. The van der Waals surface area contributed by atoms with Crippen molar-refractivity contribution in [3.05, 3.63) is 34.7 Å². The third kappa shape index (κ3) is 3.75. The predicted octanol–water partition coefficient (Wildman–Crippen LogP) is 1.57. The highest BCUT2D eigenvalue weighted by molar-refractivity contribution is 6.61. The fraction of sp³-hybridized carbons (Fsp3) is 0.353. The summed E-state index contributed by atoms with van der Waals surface area (Å²) in [6, 6.07) is 4.93. The van der Waals surface area contributed by atoms with Gasteiger partial charge in [-0.2, -0.15) is 10.2 Å². The largest absolute Gasteiger partial charge is 0.494 e. The molecule has 4 rings (SSSR count). The summed E-state index contributed by atoms with van der Waals surface area (Å²) in [5, 5.41) is 25.3. The summed E-state index contributed by atoms with van der Waals surface area (Å²) in [7, 11) is -1.25. The van der Waals surface area contributed by atoms with E-state index in [-0.39, 0.29) is 30.0 Å². The van der Waals surface area contributed by atoms with Crippen LogP contribution in [0, 0.1) is 23.1 Å². The van der Waals surface area contributed by atoms with E-state index < -0.39 is 12.9 Å². The highest BCUT2D eigenvalue weighted by Gasteiger charge is 2.31. The molecule has 28 heavy (non-hydrogen) atoms. The van der Waals surface area contributed by atoms with Gasteiger partial charge in [0.1, 0.15) is 10.8 Å². The number of benzene rings is 1. The van der Waals surface area contributed by atoms with Crippen molar-refractivity contribution in [1.82, 2.24) is 9.97 Å². The molecule has 0 aliphatic carbocycles. The number of nitrogens with zero attached hydrogens (tertiary/aromatic N) is 3. The quantitative estimate of drug-likeness (QED) is 0.660. The minimum Gasteiger partial charge on any atom is -0.423 e. The van der Waals surface area contributed by atoms with Gasteiger partial charge < -0.3 is 25.0 Å². The fourth-order valence-electron chi connectivity index (χ4n) is 3.26. The number of hydrogen-bond acceptors (Lipinski definition) is 8. The first-order valence-corrected chi connectivity index (χ1v) is 9.08. The Morgan fingerprint density at radius 1 is 1.43 bits per heavy atom. The first kappa shape index (κ1) is 18.9. The second-order valence-corrected chi connectivity index (χ2v) is 6.97. The molecule has 144 valence electrons. The van der Waals surface area contributed by atoms with Crippen LogP contribution in [0.4, 0.5) is 21.8 Å². The third-order valence-corrected chi connectivity index (χ3v) is 4.98. The summed E-state index contributed by atoms with van der Waals surface area (Å²) in [4.78, 5) is 8.45. The van der Waals surface area contributed by atoms with Gasteiger partial charge in [-0.3, -0.25) is 0 Å². The third-order valence-electron chi connectivity index (χ3n) is 4.70. The fourth-order valence-corrected chi connectivity index (χ4v) is 3.41. The SMILES string of the molecule is N#CC1CCOC[C@@H]1Nc1nc(Nc2cc(F)c3c(c2)COB3O)ncc1Cl. The van der Waals surface area contributed by atoms with Crippen LogP contribution in [0.25, 0.3) is 0 Å². The Labute approximate surface area is 165 Å². The van der Waals surface area contributed by atoms with E-state index in [4.69, 9.17) is 21.0 Å². The Bertz CT molecular complexity index is 944. The molecule has 2 aromatic rings. The number of aromatic nitrogens is 2.